The van der Waals surface area contributed by atoms with E-state index in [2.05, 4.69) is 30.6 Å². The Morgan fingerprint density at radius 3 is 2.59 bits per heavy atom. The summed E-state index contributed by atoms with van der Waals surface area (Å²) in [4.78, 5) is 39.9. The lowest BCUT2D eigenvalue weighted by Gasteiger charge is -2.16. The summed E-state index contributed by atoms with van der Waals surface area (Å²) in [7, 11) is 1.24. The summed E-state index contributed by atoms with van der Waals surface area (Å²) in [6, 6.07) is 8.75. The van der Waals surface area contributed by atoms with Gasteiger partial charge < -0.3 is 19.8 Å². The molecular formula is C22H25N5O5. The average molecular weight is 439 g/mol. The fraction of sp³-hybridized carbons (Fsp3) is 0.318. The molecule has 0 radical (unpaired) electrons. The minimum atomic E-state index is -0.552. The lowest BCUT2D eigenvalue weighted by Crippen LogP contribution is -2.35. The van der Waals surface area contributed by atoms with Crippen LogP contribution in [-0.2, 0) is 9.53 Å². The molecule has 168 valence electrons. The monoisotopic (exact) mass is 439 g/mol. The molecule has 1 atom stereocenters. The Bertz CT molecular complexity index is 1120. The topological polar surface area (TPSA) is 139 Å². The Balaban J connectivity index is 1.74. The Morgan fingerprint density at radius 2 is 1.88 bits per heavy atom. The number of amides is 2. The molecule has 0 spiro atoms. The maximum absolute atomic E-state index is 12.3. The van der Waals surface area contributed by atoms with E-state index < -0.39 is 11.9 Å². The second kappa shape index (κ2) is 9.90. The SMILES string of the molecule is COC(=O)CNC(=O)c1cc(-c2cccc(-c3ncc(C(=O)NC(C)C(C)C)o3)c2)n[nH]1. The van der Waals surface area contributed by atoms with Crippen LogP contribution in [0.3, 0.4) is 0 Å². The molecule has 3 rings (SSSR count). The highest BCUT2D eigenvalue weighted by Gasteiger charge is 2.18. The van der Waals surface area contributed by atoms with Gasteiger partial charge in [0.2, 0.25) is 11.7 Å². The highest BCUT2D eigenvalue weighted by molar-refractivity contribution is 5.95. The molecule has 3 N–H and O–H groups in total. The van der Waals surface area contributed by atoms with Gasteiger partial charge in [-0.25, -0.2) is 4.98 Å². The van der Waals surface area contributed by atoms with Crippen molar-refractivity contribution < 1.29 is 23.5 Å². The quantitative estimate of drug-likeness (QED) is 0.458. The van der Waals surface area contributed by atoms with Crippen LogP contribution in [0.1, 0.15) is 41.8 Å². The largest absolute Gasteiger partial charge is 0.468 e. The number of esters is 1. The van der Waals surface area contributed by atoms with Crippen molar-refractivity contribution in [1.29, 1.82) is 0 Å². The standard InChI is InChI=1S/C22H25N5O5/c1-12(2)13(3)25-21(30)18-10-24-22(32-18)15-7-5-6-14(8-15)16-9-17(27-26-16)20(29)23-11-19(28)31-4/h5-10,12-13H,11H2,1-4H3,(H,23,29)(H,25,30)(H,26,27). The molecular weight excluding hydrogens is 414 g/mol. The third kappa shape index (κ3) is 5.39. The molecule has 32 heavy (non-hydrogen) atoms. The van der Waals surface area contributed by atoms with Gasteiger partial charge in [-0.2, -0.15) is 5.10 Å². The molecule has 3 aromatic rings. The predicted molar refractivity (Wildman–Crippen MR) is 116 cm³/mol. The highest BCUT2D eigenvalue weighted by atomic mass is 16.5. The molecule has 0 aliphatic heterocycles. The van der Waals surface area contributed by atoms with Crippen LogP contribution in [0.5, 0.6) is 0 Å². The molecule has 0 saturated heterocycles. The van der Waals surface area contributed by atoms with E-state index in [1.165, 1.54) is 13.3 Å². The van der Waals surface area contributed by atoms with Crippen LogP contribution in [0.4, 0.5) is 0 Å². The zero-order chi connectivity index (χ0) is 23.3. The zero-order valence-corrected chi connectivity index (χ0v) is 18.3. The summed E-state index contributed by atoms with van der Waals surface area (Å²) in [6.07, 6.45) is 1.39. The number of rotatable bonds is 8. The number of nitrogens with zero attached hydrogens (tertiary/aromatic N) is 2. The van der Waals surface area contributed by atoms with Gasteiger partial charge in [0.25, 0.3) is 11.8 Å². The van der Waals surface area contributed by atoms with Gasteiger partial charge in [0, 0.05) is 17.2 Å². The average Bonchev–Trinajstić information content (AvgIpc) is 3.47. The van der Waals surface area contributed by atoms with Gasteiger partial charge in [0.1, 0.15) is 12.2 Å². The van der Waals surface area contributed by atoms with Gasteiger partial charge in [-0.1, -0.05) is 26.0 Å². The smallest absolute Gasteiger partial charge is 0.325 e. The Labute approximate surface area is 184 Å². The molecule has 0 aliphatic carbocycles. The lowest BCUT2D eigenvalue weighted by atomic mass is 10.1. The summed E-state index contributed by atoms with van der Waals surface area (Å²) < 4.78 is 10.1. The van der Waals surface area contributed by atoms with Gasteiger partial charge >= 0.3 is 5.97 Å². The lowest BCUT2D eigenvalue weighted by molar-refractivity contribution is -0.139. The van der Waals surface area contributed by atoms with E-state index >= 15 is 0 Å². The van der Waals surface area contributed by atoms with Crippen LogP contribution in [0.2, 0.25) is 0 Å². The molecule has 1 unspecified atom stereocenters. The number of hydrogen-bond donors (Lipinski definition) is 3. The summed E-state index contributed by atoms with van der Waals surface area (Å²) in [5.74, 6) is -0.647. The van der Waals surface area contributed by atoms with E-state index in [0.29, 0.717) is 28.6 Å². The molecule has 0 aliphatic rings. The first-order valence-corrected chi connectivity index (χ1v) is 10.1. The van der Waals surface area contributed by atoms with Crippen molar-refractivity contribution in [3.63, 3.8) is 0 Å². The minimum absolute atomic E-state index is 0.00180. The maximum atomic E-state index is 12.3. The van der Waals surface area contributed by atoms with Crippen LogP contribution < -0.4 is 10.6 Å². The molecule has 0 fully saturated rings. The van der Waals surface area contributed by atoms with Crippen LogP contribution in [0.25, 0.3) is 22.7 Å². The fourth-order valence-electron chi connectivity index (χ4n) is 2.67. The number of methoxy groups -OCH3 is 1. The normalized spacial score (nSPS) is 11.8. The molecule has 2 aromatic heterocycles. The third-order valence-corrected chi connectivity index (χ3v) is 4.94. The molecule has 10 heteroatoms. The second-order valence-electron chi connectivity index (χ2n) is 7.54. The van der Waals surface area contributed by atoms with Crippen molar-refractivity contribution in [1.82, 2.24) is 25.8 Å². The van der Waals surface area contributed by atoms with E-state index in [0.717, 1.165) is 0 Å². The number of benzene rings is 1. The number of aromatic amines is 1. The van der Waals surface area contributed by atoms with Crippen LogP contribution in [0.15, 0.2) is 40.9 Å². The number of carbonyl (C=O) groups is 3. The molecule has 0 saturated carbocycles. The van der Waals surface area contributed by atoms with Crippen LogP contribution >= 0.6 is 0 Å². The first kappa shape index (κ1) is 22.7. The first-order valence-electron chi connectivity index (χ1n) is 10.1. The van der Waals surface area contributed by atoms with E-state index in [1.807, 2.05) is 26.8 Å². The zero-order valence-electron chi connectivity index (χ0n) is 18.3. The van der Waals surface area contributed by atoms with Gasteiger partial charge in [-0.3, -0.25) is 19.5 Å². The van der Waals surface area contributed by atoms with Gasteiger partial charge in [-0.05, 0) is 31.0 Å². The second-order valence-corrected chi connectivity index (χ2v) is 7.54. The van der Waals surface area contributed by atoms with Crippen molar-refractivity contribution >= 4 is 17.8 Å². The molecule has 2 heterocycles. The van der Waals surface area contributed by atoms with Crippen molar-refractivity contribution in [3.05, 3.63) is 48.0 Å². The van der Waals surface area contributed by atoms with Crippen molar-refractivity contribution in [2.75, 3.05) is 13.7 Å². The summed E-state index contributed by atoms with van der Waals surface area (Å²) in [6.45, 7) is 5.73. The van der Waals surface area contributed by atoms with Crippen molar-refractivity contribution in [3.8, 4) is 22.7 Å². The minimum Gasteiger partial charge on any atom is -0.468 e. The van der Waals surface area contributed by atoms with E-state index in [4.69, 9.17) is 4.42 Å². The molecule has 1 aromatic carbocycles. The molecule has 10 nitrogen and oxygen atoms in total. The summed E-state index contributed by atoms with van der Waals surface area (Å²) in [5.41, 5.74) is 2.08. The van der Waals surface area contributed by atoms with Gasteiger partial charge in [0.05, 0.1) is 19.0 Å². The Morgan fingerprint density at radius 1 is 1.12 bits per heavy atom. The highest BCUT2D eigenvalue weighted by Crippen LogP contribution is 2.25. The number of hydrogen-bond acceptors (Lipinski definition) is 7. The number of oxazole rings is 1. The van der Waals surface area contributed by atoms with Crippen molar-refractivity contribution in [2.24, 2.45) is 5.92 Å². The summed E-state index contributed by atoms with van der Waals surface area (Å²) in [5, 5.41) is 12.1. The number of ether oxygens (including phenoxy) is 1. The maximum Gasteiger partial charge on any atom is 0.325 e. The van der Waals surface area contributed by atoms with Crippen molar-refractivity contribution in [2.45, 2.75) is 26.8 Å². The van der Waals surface area contributed by atoms with E-state index in [-0.39, 0.29) is 29.9 Å². The van der Waals surface area contributed by atoms with Crippen LogP contribution in [0, 0.1) is 5.92 Å². The van der Waals surface area contributed by atoms with Gasteiger partial charge in [-0.15, -0.1) is 0 Å². The van der Waals surface area contributed by atoms with Crippen LogP contribution in [-0.4, -0.2) is 52.7 Å². The third-order valence-electron chi connectivity index (χ3n) is 4.94. The Hall–Kier alpha value is -3.95. The number of nitrogens with one attached hydrogen (secondary N) is 3. The van der Waals surface area contributed by atoms with E-state index in [9.17, 15) is 14.4 Å². The molecule has 2 amide bonds. The number of aromatic nitrogens is 3. The number of carbonyl (C=O) groups excluding carboxylic acids is 3. The first-order chi connectivity index (χ1) is 15.3. The van der Waals surface area contributed by atoms with E-state index in [1.54, 1.807) is 24.3 Å². The number of H-pyrrole nitrogens is 1. The molecule has 0 bridgehead atoms. The Kier molecular flexibility index (Phi) is 7.04. The fourth-order valence-corrected chi connectivity index (χ4v) is 2.67. The predicted octanol–water partition coefficient (Wildman–Crippen LogP) is 2.41. The summed E-state index contributed by atoms with van der Waals surface area (Å²) >= 11 is 0. The van der Waals surface area contributed by atoms with Gasteiger partial charge in [0.15, 0.2) is 0 Å².